The maximum absolute atomic E-state index is 9.76. The van der Waals surface area contributed by atoms with Crippen LogP contribution < -0.4 is 9.80 Å². The van der Waals surface area contributed by atoms with Crippen molar-refractivity contribution >= 4 is 77.7 Å². The van der Waals surface area contributed by atoms with Gasteiger partial charge >= 0.3 is 0 Å². The highest BCUT2D eigenvalue weighted by molar-refractivity contribution is 6.13. The Kier molecular flexibility index (Phi) is 15.1. The van der Waals surface area contributed by atoms with Crippen LogP contribution in [-0.2, 0) is 0 Å². The van der Waals surface area contributed by atoms with E-state index in [2.05, 4.69) is 130 Å². The Bertz CT molecular complexity index is 8800. The molecule has 4 nitrogen and oxygen atoms in total. The van der Waals surface area contributed by atoms with Crippen molar-refractivity contribution in [3.8, 4) is 123 Å². The second kappa shape index (κ2) is 33.8. The molecule has 0 bridgehead atoms. The lowest BCUT2D eigenvalue weighted by Crippen LogP contribution is -2.09. The zero-order chi connectivity index (χ0) is 101. The number of nitrogens with zero attached hydrogens (tertiary/aromatic N) is 4. The highest BCUT2D eigenvalue weighted by atomic mass is 15.1. The van der Waals surface area contributed by atoms with Crippen LogP contribution in [0.1, 0.15) is 28.8 Å². The molecule has 22 aromatic rings. The molecule has 0 aliphatic rings. The molecular formula is C120H84N4. The first-order valence-corrected chi connectivity index (χ1v) is 40.8. The van der Waals surface area contributed by atoms with Crippen molar-refractivity contribution < 1.29 is 28.8 Å². The summed E-state index contributed by atoms with van der Waals surface area (Å²) in [6.45, 7) is 0. The number of fused-ring (bicyclic) bond motifs is 6. The van der Waals surface area contributed by atoms with Crippen molar-refractivity contribution in [1.29, 1.82) is 0 Å². The van der Waals surface area contributed by atoms with Crippen LogP contribution in [-0.4, -0.2) is 9.13 Å². The highest BCUT2D eigenvalue weighted by Gasteiger charge is 2.23. The maximum Gasteiger partial charge on any atom is 0.0645 e. The van der Waals surface area contributed by atoms with Crippen molar-refractivity contribution in [2.75, 3.05) is 9.80 Å². The van der Waals surface area contributed by atoms with Crippen molar-refractivity contribution in [3.05, 3.63) is 509 Å². The Morgan fingerprint density at radius 2 is 0.419 bits per heavy atom. The number of aromatic nitrogens is 2. The molecule has 0 aliphatic carbocycles. The van der Waals surface area contributed by atoms with Crippen LogP contribution >= 0.6 is 0 Å². The SMILES string of the molecule is [2H]c1c([2H])c(N(c2ccc(-c3ccccc3)cc2)c2ccc(-c3ccccc3-c3ccccc3)cc2)c([2H])c([2H])c1-c1ccc2c(c1)c1ccccc1n2-c1ccccc1-c1ccccc1.[2H]c1c([2H])c([2H])c(-c2c([2H])c([2H])c([2H])c([2H])c2-c2c([2H])c([2H])c(N(c3ccc(-c4ccccc4)cc3)c3c([2H])c([2H])c(-c4ccc5c(c4)c4ccccc4n5-c4ccccc4-c4ccccc4)c([2H])c3[2H])c([2H])c2[2H])c([2H])c1[2H]. The first-order valence-electron chi connectivity index (χ1n) is 51.3. The van der Waals surface area contributed by atoms with Gasteiger partial charge in [0.05, 0.1) is 62.2 Å². The van der Waals surface area contributed by atoms with E-state index in [0.29, 0.717) is 22.5 Å². The van der Waals surface area contributed by atoms with E-state index in [4.69, 9.17) is 12.3 Å². The fraction of sp³-hybridized carbons (Fsp3) is 0. The van der Waals surface area contributed by atoms with E-state index in [1.54, 1.807) is 30.3 Å². The molecule has 0 radical (unpaired) electrons. The summed E-state index contributed by atoms with van der Waals surface area (Å²) in [5, 5.41) is 3.64. The summed E-state index contributed by atoms with van der Waals surface area (Å²) < 4.78 is 198. The van der Waals surface area contributed by atoms with Gasteiger partial charge in [0.15, 0.2) is 0 Å². The number of anilines is 6. The molecule has 4 heteroatoms. The van der Waals surface area contributed by atoms with Gasteiger partial charge in [-0.15, -0.1) is 0 Å². The molecule has 20 aromatic carbocycles. The van der Waals surface area contributed by atoms with Crippen molar-refractivity contribution in [1.82, 2.24) is 9.13 Å². The lowest BCUT2D eigenvalue weighted by molar-refractivity contribution is 1.18. The van der Waals surface area contributed by atoms with Crippen LogP contribution in [0.25, 0.3) is 166 Å². The molecule has 0 saturated carbocycles. The molecule has 2 heterocycles. The van der Waals surface area contributed by atoms with Gasteiger partial charge < -0.3 is 18.9 Å². The van der Waals surface area contributed by atoms with E-state index in [-0.39, 0.29) is 46.7 Å². The average molecular weight is 1600 g/mol. The standard InChI is InChI=1S/2C60H42N2/c2*1-4-16-43(17-5-1)44-28-35-50(36-29-44)61(52-39-32-48(33-40-52)54-23-11-10-22-53(54)46-18-6-2-7-19-46)51-37-30-45(31-38-51)49-34-41-60-57(42-49)56-25-13-15-27-59(56)62(60)58-26-14-12-24-55(58)47-20-8-3-9-21-47/h2*1-42H/i2D,6D,7D,10D,11D,18D,19D,22D,23D,30D,31D,32D,33D,37D,38D,39D,40D;30D,31D,37D,38D. The van der Waals surface area contributed by atoms with Gasteiger partial charge in [0.25, 0.3) is 0 Å². The number of benzene rings is 20. The van der Waals surface area contributed by atoms with Crippen LogP contribution in [0.3, 0.4) is 0 Å². The minimum absolute atomic E-state index is 0.0464. The molecule has 0 N–H and O–H groups in total. The quantitative estimate of drug-likeness (QED) is 0.0851. The van der Waals surface area contributed by atoms with Gasteiger partial charge in [-0.2, -0.15) is 0 Å². The molecule has 0 aliphatic heterocycles. The Morgan fingerprint density at radius 3 is 0.815 bits per heavy atom. The van der Waals surface area contributed by atoms with Gasteiger partial charge in [0.1, 0.15) is 0 Å². The Labute approximate surface area is 753 Å². The first kappa shape index (κ1) is 55.4. The highest BCUT2D eigenvalue weighted by Crippen LogP contribution is 2.46. The topological polar surface area (TPSA) is 16.3 Å². The van der Waals surface area contributed by atoms with E-state index in [9.17, 15) is 16.4 Å². The summed E-state index contributed by atoms with van der Waals surface area (Å²) in [5.74, 6) is 0. The van der Waals surface area contributed by atoms with Crippen molar-refractivity contribution in [2.24, 2.45) is 0 Å². The Morgan fingerprint density at radius 1 is 0.153 bits per heavy atom. The molecule has 0 saturated heterocycles. The van der Waals surface area contributed by atoms with E-state index in [1.165, 1.54) is 0 Å². The van der Waals surface area contributed by atoms with Crippen molar-refractivity contribution in [2.45, 2.75) is 0 Å². The Balaban J connectivity index is 0.000000173. The molecule has 0 amide bonds. The van der Waals surface area contributed by atoms with Gasteiger partial charge in [-0.05, 0) is 221 Å². The second-order valence-corrected chi connectivity index (χ2v) is 29.8. The van der Waals surface area contributed by atoms with Gasteiger partial charge in [0, 0.05) is 66.8 Å². The summed E-state index contributed by atoms with van der Waals surface area (Å²) in [5.41, 5.74) is 17.2. The van der Waals surface area contributed by atoms with Crippen molar-refractivity contribution in [3.63, 3.8) is 0 Å². The third-order valence-corrected chi connectivity index (χ3v) is 22.5. The van der Waals surface area contributed by atoms with Crippen LogP contribution in [0, 0.1) is 0 Å². The molecule has 584 valence electrons. The third-order valence-electron chi connectivity index (χ3n) is 22.5. The average Bonchev–Trinajstić information content (AvgIpc) is 1.50. The van der Waals surface area contributed by atoms with Gasteiger partial charge in [0.2, 0.25) is 0 Å². The summed E-state index contributed by atoms with van der Waals surface area (Å²) in [6.07, 6.45) is 0. The second-order valence-electron chi connectivity index (χ2n) is 29.8. The minimum Gasteiger partial charge on any atom is -0.311 e. The largest absolute Gasteiger partial charge is 0.311 e. The molecule has 0 atom stereocenters. The zero-order valence-electron chi connectivity index (χ0n) is 87.7. The number of para-hydroxylation sites is 4. The number of hydrogen-bond donors (Lipinski definition) is 0. The summed E-state index contributed by atoms with van der Waals surface area (Å²) in [4.78, 5) is 2.97. The van der Waals surface area contributed by atoms with Crippen LogP contribution in [0.5, 0.6) is 0 Å². The lowest BCUT2D eigenvalue weighted by atomic mass is 9.94. The summed E-state index contributed by atoms with van der Waals surface area (Å²) in [7, 11) is 0. The monoisotopic (exact) mass is 1600 g/mol. The molecule has 0 spiro atoms. The number of rotatable bonds is 18. The van der Waals surface area contributed by atoms with E-state index >= 15 is 0 Å². The fourth-order valence-electron chi connectivity index (χ4n) is 16.6. The zero-order valence-corrected chi connectivity index (χ0v) is 66.7. The maximum atomic E-state index is 9.76. The number of hydrogen-bond acceptors (Lipinski definition) is 2. The molecule has 2 aromatic heterocycles. The van der Waals surface area contributed by atoms with Crippen LogP contribution in [0.4, 0.5) is 34.1 Å². The van der Waals surface area contributed by atoms with Crippen LogP contribution in [0.15, 0.2) is 509 Å². The minimum atomic E-state index is -0.883. The molecule has 0 fully saturated rings. The van der Waals surface area contributed by atoms with E-state index < -0.39 is 136 Å². The molecular weight excluding hydrogens is 1500 g/mol. The molecule has 124 heavy (non-hydrogen) atoms. The summed E-state index contributed by atoms with van der Waals surface area (Å²) in [6, 6.07) is 112. The molecule has 22 rings (SSSR count). The fourth-order valence-corrected chi connectivity index (χ4v) is 16.6. The van der Waals surface area contributed by atoms with Gasteiger partial charge in [-0.1, -0.05) is 388 Å². The van der Waals surface area contributed by atoms with Crippen LogP contribution in [0.2, 0.25) is 0 Å². The smallest absolute Gasteiger partial charge is 0.0645 e. The Hall–Kier alpha value is -16.4. The van der Waals surface area contributed by atoms with E-state index in [0.717, 1.165) is 127 Å². The third kappa shape index (κ3) is 14.8. The predicted molar refractivity (Wildman–Crippen MR) is 525 cm³/mol. The lowest BCUT2D eigenvalue weighted by Gasteiger charge is -2.26. The van der Waals surface area contributed by atoms with Gasteiger partial charge in [-0.3, -0.25) is 0 Å². The normalized spacial score (nSPS) is 13.6. The molecule has 0 unspecified atom stereocenters. The summed E-state index contributed by atoms with van der Waals surface area (Å²) >= 11 is 0. The first-order chi connectivity index (χ1) is 70.3. The van der Waals surface area contributed by atoms with E-state index in [1.807, 2.05) is 235 Å². The van der Waals surface area contributed by atoms with Gasteiger partial charge in [-0.25, -0.2) is 0 Å². The predicted octanol–water partition coefficient (Wildman–Crippen LogP) is 33.2.